The summed E-state index contributed by atoms with van der Waals surface area (Å²) in [5.74, 6) is 0.702. The number of thiophene rings is 1. The Morgan fingerprint density at radius 2 is 1.96 bits per heavy atom. The topological polar surface area (TPSA) is 44.1 Å². The fourth-order valence-corrected chi connectivity index (χ4v) is 3.84. The molecule has 4 nitrogen and oxygen atoms in total. The first-order chi connectivity index (χ1) is 11.8. The van der Waals surface area contributed by atoms with Gasteiger partial charge in [-0.1, -0.05) is 23.9 Å². The van der Waals surface area contributed by atoms with Gasteiger partial charge < -0.3 is 4.74 Å². The van der Waals surface area contributed by atoms with Crippen molar-refractivity contribution in [2.75, 3.05) is 6.61 Å². The van der Waals surface area contributed by atoms with Crippen LogP contribution in [0, 0.1) is 0 Å². The number of hydrogen-bond acceptors (Lipinski definition) is 5. The SMILES string of the molecule is Cn1c(SCc2ccc(OCC(F)(F)F)cc2)nc2sccc2c1=O. The van der Waals surface area contributed by atoms with Crippen LogP contribution in [-0.4, -0.2) is 22.3 Å². The number of rotatable bonds is 5. The number of nitrogens with zero attached hydrogens (tertiary/aromatic N) is 2. The van der Waals surface area contributed by atoms with Crippen molar-refractivity contribution in [3.05, 3.63) is 51.6 Å². The highest BCUT2D eigenvalue weighted by molar-refractivity contribution is 7.98. The number of ether oxygens (including phenoxy) is 1. The third kappa shape index (κ3) is 4.35. The molecule has 0 spiro atoms. The summed E-state index contributed by atoms with van der Waals surface area (Å²) in [7, 11) is 1.67. The van der Waals surface area contributed by atoms with Gasteiger partial charge in [-0.25, -0.2) is 4.98 Å². The Morgan fingerprint density at radius 3 is 2.64 bits per heavy atom. The zero-order chi connectivity index (χ0) is 18.0. The molecule has 9 heteroatoms. The molecule has 3 aromatic rings. The average Bonchev–Trinajstić information content (AvgIpc) is 3.04. The second-order valence-electron chi connectivity index (χ2n) is 5.23. The van der Waals surface area contributed by atoms with Crippen LogP contribution in [0.5, 0.6) is 5.75 Å². The standard InChI is InChI=1S/C16H13F3N2O2S2/c1-21-14(22)12-6-7-24-13(12)20-15(21)25-8-10-2-4-11(5-3-10)23-9-16(17,18)19/h2-7H,8-9H2,1H3. The van der Waals surface area contributed by atoms with E-state index in [9.17, 15) is 18.0 Å². The number of alkyl halides is 3. The lowest BCUT2D eigenvalue weighted by Crippen LogP contribution is -2.19. The molecule has 2 heterocycles. The molecule has 0 aliphatic heterocycles. The molecule has 1 aromatic carbocycles. The Bertz CT molecular complexity index is 933. The van der Waals surface area contributed by atoms with Crippen molar-refractivity contribution in [1.29, 1.82) is 0 Å². The van der Waals surface area contributed by atoms with Crippen molar-refractivity contribution in [3.63, 3.8) is 0 Å². The van der Waals surface area contributed by atoms with Gasteiger partial charge in [0.05, 0.1) is 5.39 Å². The van der Waals surface area contributed by atoms with Gasteiger partial charge >= 0.3 is 6.18 Å². The molecule has 3 rings (SSSR count). The van der Waals surface area contributed by atoms with Crippen LogP contribution in [0.3, 0.4) is 0 Å². The predicted octanol–water partition coefficient (Wildman–Crippen LogP) is 4.23. The Hall–Kier alpha value is -2.00. The lowest BCUT2D eigenvalue weighted by Gasteiger charge is -2.10. The van der Waals surface area contributed by atoms with E-state index < -0.39 is 12.8 Å². The molecule has 0 saturated heterocycles. The first kappa shape index (κ1) is 17.8. The van der Waals surface area contributed by atoms with Gasteiger partial charge in [0.25, 0.3) is 5.56 Å². The van der Waals surface area contributed by atoms with Crippen LogP contribution in [0.25, 0.3) is 10.2 Å². The fourth-order valence-electron chi connectivity index (χ4n) is 2.10. The number of hydrogen-bond donors (Lipinski definition) is 0. The molecule has 0 aliphatic carbocycles. The molecular weight excluding hydrogens is 373 g/mol. The first-order valence-corrected chi connectivity index (χ1v) is 9.05. The van der Waals surface area contributed by atoms with Crippen molar-refractivity contribution in [2.24, 2.45) is 7.05 Å². The van der Waals surface area contributed by atoms with E-state index >= 15 is 0 Å². The normalized spacial score (nSPS) is 11.8. The van der Waals surface area contributed by atoms with Crippen LogP contribution >= 0.6 is 23.1 Å². The van der Waals surface area contributed by atoms with Gasteiger partial charge in [0.2, 0.25) is 0 Å². The molecule has 25 heavy (non-hydrogen) atoms. The molecule has 0 bridgehead atoms. The van der Waals surface area contributed by atoms with Crippen molar-refractivity contribution in [2.45, 2.75) is 17.1 Å². The van der Waals surface area contributed by atoms with Crippen molar-refractivity contribution in [3.8, 4) is 5.75 Å². The van der Waals surface area contributed by atoms with E-state index in [1.807, 2.05) is 5.38 Å². The van der Waals surface area contributed by atoms with Crippen LogP contribution in [0.2, 0.25) is 0 Å². The van der Waals surface area contributed by atoms with E-state index in [0.717, 1.165) is 5.56 Å². The quantitative estimate of drug-likeness (QED) is 0.486. The van der Waals surface area contributed by atoms with Crippen molar-refractivity contribution < 1.29 is 17.9 Å². The summed E-state index contributed by atoms with van der Waals surface area (Å²) in [4.78, 5) is 17.4. The minimum absolute atomic E-state index is 0.0929. The Kier molecular flexibility index (Phi) is 5.05. The number of fused-ring (bicyclic) bond motifs is 1. The number of halogens is 3. The van der Waals surface area contributed by atoms with Crippen LogP contribution in [-0.2, 0) is 12.8 Å². The second kappa shape index (κ2) is 7.09. The van der Waals surface area contributed by atoms with Crippen molar-refractivity contribution in [1.82, 2.24) is 9.55 Å². The largest absolute Gasteiger partial charge is 0.484 e. The molecule has 0 amide bonds. The van der Waals surface area contributed by atoms with Gasteiger partial charge in [0.15, 0.2) is 11.8 Å². The smallest absolute Gasteiger partial charge is 0.422 e. The summed E-state index contributed by atoms with van der Waals surface area (Å²) in [6, 6.07) is 8.14. The molecule has 0 unspecified atom stereocenters. The Labute approximate surface area is 149 Å². The maximum Gasteiger partial charge on any atom is 0.422 e. The molecule has 132 valence electrons. The third-order valence-corrected chi connectivity index (χ3v) is 5.27. The van der Waals surface area contributed by atoms with Gasteiger partial charge in [-0.05, 0) is 29.1 Å². The number of thioether (sulfide) groups is 1. The Morgan fingerprint density at radius 1 is 1.24 bits per heavy atom. The zero-order valence-electron chi connectivity index (χ0n) is 13.0. The molecule has 0 radical (unpaired) electrons. The summed E-state index contributed by atoms with van der Waals surface area (Å²) in [5, 5.41) is 3.02. The molecule has 0 aliphatic rings. The van der Waals surface area contributed by atoms with E-state index in [1.54, 1.807) is 25.2 Å². The van der Waals surface area contributed by atoms with Crippen LogP contribution in [0.15, 0.2) is 45.7 Å². The Balaban J connectivity index is 1.68. The van der Waals surface area contributed by atoms with Gasteiger partial charge in [0, 0.05) is 12.8 Å². The molecule has 2 aromatic heterocycles. The number of benzene rings is 1. The minimum Gasteiger partial charge on any atom is -0.484 e. The van der Waals surface area contributed by atoms with Crippen LogP contribution < -0.4 is 10.3 Å². The number of aromatic nitrogens is 2. The zero-order valence-corrected chi connectivity index (χ0v) is 14.7. The summed E-state index contributed by atoms with van der Waals surface area (Å²) in [5.41, 5.74) is 0.800. The van der Waals surface area contributed by atoms with E-state index in [1.165, 1.54) is 39.8 Å². The lowest BCUT2D eigenvalue weighted by molar-refractivity contribution is -0.153. The molecular formula is C16H13F3N2O2S2. The minimum atomic E-state index is -4.36. The maximum atomic E-state index is 12.2. The van der Waals surface area contributed by atoms with E-state index in [4.69, 9.17) is 0 Å². The van der Waals surface area contributed by atoms with Gasteiger partial charge in [-0.15, -0.1) is 11.3 Å². The molecule has 0 N–H and O–H groups in total. The first-order valence-electron chi connectivity index (χ1n) is 7.19. The highest BCUT2D eigenvalue weighted by atomic mass is 32.2. The summed E-state index contributed by atoms with van der Waals surface area (Å²) < 4.78 is 42.5. The molecule has 0 fully saturated rings. The molecule has 0 saturated carbocycles. The predicted molar refractivity (Wildman–Crippen MR) is 92.4 cm³/mol. The fraction of sp³-hybridized carbons (Fsp3) is 0.250. The van der Waals surface area contributed by atoms with Gasteiger partial charge in [0.1, 0.15) is 10.6 Å². The summed E-state index contributed by atoms with van der Waals surface area (Å²) >= 11 is 2.80. The monoisotopic (exact) mass is 386 g/mol. The van der Waals surface area contributed by atoms with Crippen LogP contribution in [0.4, 0.5) is 13.2 Å². The average molecular weight is 386 g/mol. The van der Waals surface area contributed by atoms with E-state index in [2.05, 4.69) is 9.72 Å². The lowest BCUT2D eigenvalue weighted by atomic mass is 10.2. The van der Waals surface area contributed by atoms with Gasteiger partial charge in [-0.2, -0.15) is 13.2 Å². The van der Waals surface area contributed by atoms with E-state index in [0.29, 0.717) is 21.1 Å². The highest BCUT2D eigenvalue weighted by Gasteiger charge is 2.28. The van der Waals surface area contributed by atoms with E-state index in [-0.39, 0.29) is 11.3 Å². The molecule has 0 atom stereocenters. The third-order valence-electron chi connectivity index (χ3n) is 3.36. The van der Waals surface area contributed by atoms with Gasteiger partial charge in [-0.3, -0.25) is 9.36 Å². The van der Waals surface area contributed by atoms with Crippen LogP contribution in [0.1, 0.15) is 5.56 Å². The maximum absolute atomic E-state index is 12.2. The second-order valence-corrected chi connectivity index (χ2v) is 7.07. The summed E-state index contributed by atoms with van der Waals surface area (Å²) in [6.07, 6.45) is -4.36. The highest BCUT2D eigenvalue weighted by Crippen LogP contribution is 2.25. The van der Waals surface area contributed by atoms with Crippen molar-refractivity contribution >= 4 is 33.3 Å². The summed E-state index contributed by atoms with van der Waals surface area (Å²) in [6.45, 7) is -1.31.